The lowest BCUT2D eigenvalue weighted by molar-refractivity contribution is -0.0594. The minimum absolute atomic E-state index is 0.0304. The molecule has 0 aromatic carbocycles. The zero-order valence-electron chi connectivity index (χ0n) is 11.0. The largest absolute Gasteiger partial charge is 0.366 e. The van der Waals surface area contributed by atoms with Crippen LogP contribution in [0, 0.1) is 17.8 Å². The normalized spacial score (nSPS) is 52.2. The van der Waals surface area contributed by atoms with Crippen LogP contribution in [0.25, 0.3) is 0 Å². The van der Waals surface area contributed by atoms with E-state index in [1.54, 1.807) is 0 Å². The number of rotatable bonds is 2. The van der Waals surface area contributed by atoms with E-state index in [-0.39, 0.29) is 17.8 Å². The maximum atomic E-state index is 6.11. The van der Waals surface area contributed by atoms with Crippen LogP contribution < -0.4 is 0 Å². The fourth-order valence-corrected chi connectivity index (χ4v) is 3.96. The maximum absolute atomic E-state index is 6.11. The summed E-state index contributed by atoms with van der Waals surface area (Å²) in [5.74, 6) is 1.82. The van der Waals surface area contributed by atoms with Crippen molar-refractivity contribution in [3.05, 3.63) is 24.8 Å². The molecule has 0 N–H and O–H groups in total. The van der Waals surface area contributed by atoms with Gasteiger partial charge in [0, 0.05) is 5.92 Å². The summed E-state index contributed by atoms with van der Waals surface area (Å²) in [5, 5.41) is 0. The minimum atomic E-state index is -0.0779. The van der Waals surface area contributed by atoms with Crippen molar-refractivity contribution in [1.82, 2.24) is 0 Å². The van der Waals surface area contributed by atoms with Gasteiger partial charge < -0.3 is 9.47 Å². The molecule has 94 valence electrons. The minimum Gasteiger partial charge on any atom is -0.366 e. The first kappa shape index (κ1) is 11.5. The Balaban J connectivity index is 1.93. The van der Waals surface area contributed by atoms with Crippen molar-refractivity contribution in [2.24, 2.45) is 17.8 Å². The Morgan fingerprint density at radius 3 is 2.76 bits per heavy atom. The van der Waals surface area contributed by atoms with Crippen LogP contribution in [0.2, 0.25) is 0 Å². The highest BCUT2D eigenvalue weighted by atomic mass is 16.6. The van der Waals surface area contributed by atoms with Gasteiger partial charge in [-0.2, -0.15) is 0 Å². The molecule has 2 saturated heterocycles. The number of hydrogen-bond acceptors (Lipinski definition) is 2. The average Bonchev–Trinajstić information content (AvgIpc) is 2.92. The molecule has 6 atom stereocenters. The van der Waals surface area contributed by atoms with Crippen LogP contribution in [0.5, 0.6) is 0 Å². The molecule has 3 aliphatic rings. The molecular weight excluding hydrogens is 212 g/mol. The molecule has 17 heavy (non-hydrogen) atoms. The Labute approximate surface area is 104 Å². The highest BCUT2D eigenvalue weighted by Gasteiger charge is 2.74. The zero-order valence-corrected chi connectivity index (χ0v) is 11.0. The summed E-state index contributed by atoms with van der Waals surface area (Å²) in [5.41, 5.74) is 1.02. The lowest BCUT2D eigenvalue weighted by atomic mass is 9.79. The monoisotopic (exact) mass is 234 g/mol. The van der Waals surface area contributed by atoms with Gasteiger partial charge in [-0.3, -0.25) is 0 Å². The van der Waals surface area contributed by atoms with Crippen LogP contribution in [0.4, 0.5) is 0 Å². The van der Waals surface area contributed by atoms with Gasteiger partial charge in [0.15, 0.2) is 0 Å². The van der Waals surface area contributed by atoms with Gasteiger partial charge >= 0.3 is 0 Å². The third kappa shape index (κ3) is 1.28. The number of ether oxygens (including phenoxy) is 2. The molecule has 1 spiro atoms. The summed E-state index contributed by atoms with van der Waals surface area (Å²) >= 11 is 0. The van der Waals surface area contributed by atoms with Gasteiger partial charge in [0.2, 0.25) is 0 Å². The van der Waals surface area contributed by atoms with Crippen molar-refractivity contribution in [2.75, 3.05) is 0 Å². The van der Waals surface area contributed by atoms with Gasteiger partial charge in [-0.25, -0.2) is 0 Å². The van der Waals surface area contributed by atoms with E-state index >= 15 is 0 Å². The van der Waals surface area contributed by atoms with Crippen LogP contribution in [-0.4, -0.2) is 23.9 Å². The first-order valence-electron chi connectivity index (χ1n) is 6.67. The van der Waals surface area contributed by atoms with Gasteiger partial charge in [-0.15, -0.1) is 6.58 Å². The molecule has 3 fully saturated rings. The Kier molecular flexibility index (Phi) is 2.34. The van der Waals surface area contributed by atoms with Gasteiger partial charge in [0.25, 0.3) is 0 Å². The number of hydrogen-bond donors (Lipinski definition) is 0. The van der Waals surface area contributed by atoms with Crippen molar-refractivity contribution in [1.29, 1.82) is 0 Å². The second kappa shape index (κ2) is 3.46. The van der Waals surface area contributed by atoms with E-state index in [1.807, 2.05) is 6.08 Å². The molecule has 2 heterocycles. The zero-order chi connectivity index (χ0) is 12.4. The number of epoxide rings is 1. The summed E-state index contributed by atoms with van der Waals surface area (Å²) in [6.07, 6.45) is 3.67. The van der Waals surface area contributed by atoms with E-state index in [0.29, 0.717) is 23.9 Å². The molecule has 0 aromatic heterocycles. The lowest BCUT2D eigenvalue weighted by Gasteiger charge is -2.38. The van der Waals surface area contributed by atoms with E-state index in [1.165, 1.54) is 6.42 Å². The van der Waals surface area contributed by atoms with Gasteiger partial charge in [-0.05, 0) is 30.8 Å². The molecule has 0 radical (unpaired) electrons. The topological polar surface area (TPSA) is 21.8 Å². The molecule has 0 aromatic rings. The van der Waals surface area contributed by atoms with E-state index in [9.17, 15) is 0 Å². The Morgan fingerprint density at radius 2 is 2.18 bits per heavy atom. The Bertz CT molecular complexity index is 373. The molecule has 2 nitrogen and oxygen atoms in total. The molecule has 2 heteroatoms. The summed E-state index contributed by atoms with van der Waals surface area (Å²) in [4.78, 5) is 0. The van der Waals surface area contributed by atoms with E-state index in [0.717, 1.165) is 5.57 Å². The summed E-state index contributed by atoms with van der Waals surface area (Å²) in [6, 6.07) is 0. The first-order valence-corrected chi connectivity index (χ1v) is 6.67. The molecular formula is C15H22O2. The predicted molar refractivity (Wildman–Crippen MR) is 67.7 cm³/mol. The standard InChI is InChI=1S/C15H22O2/c1-6-13-9(4)15-12(10(5)16-13)7-11(8(2)3)14(15)17-15/h6,8,10-14H,1,4,7H2,2-3,5H3/t10-,11-,12+,13+,14-,15+/m1/s1. The van der Waals surface area contributed by atoms with Gasteiger partial charge in [0.1, 0.15) is 5.60 Å². The van der Waals surface area contributed by atoms with Crippen LogP contribution in [0.1, 0.15) is 27.2 Å². The van der Waals surface area contributed by atoms with Crippen molar-refractivity contribution in [3.8, 4) is 0 Å². The van der Waals surface area contributed by atoms with Gasteiger partial charge in [-0.1, -0.05) is 26.5 Å². The smallest absolute Gasteiger partial charge is 0.124 e. The van der Waals surface area contributed by atoms with Gasteiger partial charge in [0.05, 0.1) is 18.3 Å². The van der Waals surface area contributed by atoms with E-state index < -0.39 is 0 Å². The summed E-state index contributed by atoms with van der Waals surface area (Å²) < 4.78 is 12.1. The average molecular weight is 234 g/mol. The molecule has 0 amide bonds. The predicted octanol–water partition coefficient (Wildman–Crippen LogP) is 2.95. The van der Waals surface area contributed by atoms with Crippen molar-refractivity contribution in [2.45, 2.75) is 51.1 Å². The van der Waals surface area contributed by atoms with Crippen molar-refractivity contribution < 1.29 is 9.47 Å². The molecule has 0 unspecified atom stereocenters. The molecule has 1 saturated carbocycles. The maximum Gasteiger partial charge on any atom is 0.124 e. The molecule has 2 aliphatic heterocycles. The SMILES string of the molecule is C=C[C@@H]1O[C@H](C)[C@@H]2C[C@H](C(C)C)[C@H]3O[C@]32C1=C. The van der Waals surface area contributed by atoms with Crippen LogP contribution in [0.15, 0.2) is 24.8 Å². The summed E-state index contributed by atoms with van der Waals surface area (Å²) in [6.45, 7) is 14.8. The van der Waals surface area contributed by atoms with E-state index in [4.69, 9.17) is 9.47 Å². The summed E-state index contributed by atoms with van der Waals surface area (Å²) in [7, 11) is 0. The molecule has 0 bridgehead atoms. The Morgan fingerprint density at radius 1 is 1.47 bits per heavy atom. The quantitative estimate of drug-likeness (QED) is 0.541. The van der Waals surface area contributed by atoms with Crippen LogP contribution in [0.3, 0.4) is 0 Å². The van der Waals surface area contributed by atoms with Crippen molar-refractivity contribution >= 4 is 0 Å². The second-order valence-corrected chi connectivity index (χ2v) is 6.10. The second-order valence-electron chi connectivity index (χ2n) is 6.10. The Hall–Kier alpha value is -0.600. The lowest BCUT2D eigenvalue weighted by Crippen LogP contribution is -2.45. The van der Waals surface area contributed by atoms with Crippen LogP contribution in [-0.2, 0) is 9.47 Å². The third-order valence-electron chi connectivity index (χ3n) is 5.00. The third-order valence-corrected chi connectivity index (χ3v) is 5.00. The van der Waals surface area contributed by atoms with Crippen molar-refractivity contribution in [3.63, 3.8) is 0 Å². The highest BCUT2D eigenvalue weighted by molar-refractivity contribution is 5.39. The fourth-order valence-electron chi connectivity index (χ4n) is 3.96. The highest BCUT2D eigenvalue weighted by Crippen LogP contribution is 2.65. The van der Waals surface area contributed by atoms with Crippen LogP contribution >= 0.6 is 0 Å². The van der Waals surface area contributed by atoms with E-state index in [2.05, 4.69) is 33.9 Å². The fraction of sp³-hybridized carbons (Fsp3) is 0.733. The molecule has 1 aliphatic carbocycles. The first-order chi connectivity index (χ1) is 8.02. The molecule has 3 rings (SSSR count).